The number of hydrogen-bond donors (Lipinski definition) is 2. The van der Waals surface area contributed by atoms with Crippen LogP contribution in [0.5, 0.6) is 0 Å². The fourth-order valence-corrected chi connectivity index (χ4v) is 2.83. The predicted molar refractivity (Wildman–Crippen MR) is 106 cm³/mol. The van der Waals surface area contributed by atoms with Gasteiger partial charge in [-0.25, -0.2) is 9.55 Å². The smallest absolute Gasteiger partial charge is 0.334 e. The molecule has 0 saturated carbocycles. The lowest BCUT2D eigenvalue weighted by Gasteiger charge is -2.11. The van der Waals surface area contributed by atoms with E-state index in [9.17, 15) is 4.57 Å². The van der Waals surface area contributed by atoms with Crippen LogP contribution in [0.2, 0.25) is 0 Å². The van der Waals surface area contributed by atoms with Gasteiger partial charge in [-0.3, -0.25) is 9.05 Å². The Kier molecular flexibility index (Phi) is 14.9. The predicted octanol–water partition coefficient (Wildman–Crippen LogP) is 4.81. The van der Waals surface area contributed by atoms with Gasteiger partial charge in [0.1, 0.15) is 5.82 Å². The molecule has 26 heavy (non-hydrogen) atoms. The molecule has 0 aliphatic rings. The molecule has 0 spiro atoms. The highest BCUT2D eigenvalue weighted by atomic mass is 31.2. The number of rotatable bonds is 13. The Morgan fingerprint density at radius 1 is 1.12 bits per heavy atom. The van der Waals surface area contributed by atoms with E-state index in [1.807, 2.05) is 26.2 Å². The molecule has 7 nitrogen and oxygen atoms in total. The number of phosphoric acid groups is 1. The molecule has 0 aliphatic heterocycles. The highest BCUT2D eigenvalue weighted by molar-refractivity contribution is 7.47. The Morgan fingerprint density at radius 2 is 1.65 bits per heavy atom. The molecule has 0 saturated heterocycles. The van der Waals surface area contributed by atoms with Gasteiger partial charge >= 0.3 is 7.82 Å². The van der Waals surface area contributed by atoms with Crippen LogP contribution in [0.3, 0.4) is 0 Å². The van der Waals surface area contributed by atoms with E-state index in [4.69, 9.17) is 19.7 Å². The molecule has 1 unspecified atom stereocenters. The Balaban J connectivity index is 0.000000481. The third-order valence-corrected chi connectivity index (χ3v) is 4.79. The number of aryl methyl sites for hydroxylation is 1. The first-order chi connectivity index (χ1) is 12.4. The molecule has 1 aromatic rings. The van der Waals surface area contributed by atoms with Gasteiger partial charge in [-0.1, -0.05) is 47.0 Å². The van der Waals surface area contributed by atoms with Crippen LogP contribution >= 0.6 is 7.82 Å². The van der Waals surface area contributed by atoms with Crippen molar-refractivity contribution in [2.45, 2.75) is 85.2 Å². The molecule has 1 rings (SSSR count). The second kappa shape index (κ2) is 15.3. The fourth-order valence-electron chi connectivity index (χ4n) is 2.04. The van der Waals surface area contributed by atoms with Crippen molar-refractivity contribution in [3.05, 3.63) is 18.2 Å². The standard InChI is InChI=1S/C10H19N3.C8H19O4P/c1-3-5-7-13-8-6-12-10(13)9(11)4-2;1-3-5-7-11-13(9,10)12-8-6-4-2/h6,8-9H,3-5,7,11H2,1-2H3;3-8H2,1-2H3,(H,9,10). The van der Waals surface area contributed by atoms with E-state index in [0.29, 0.717) is 0 Å². The average molecular weight is 391 g/mol. The van der Waals surface area contributed by atoms with Gasteiger partial charge in [-0.2, -0.15) is 0 Å². The molecule has 1 heterocycles. The number of phosphoric ester groups is 1. The fraction of sp³-hybridized carbons (Fsp3) is 0.833. The lowest BCUT2D eigenvalue weighted by Crippen LogP contribution is -2.15. The Labute approximate surface area is 158 Å². The van der Waals surface area contributed by atoms with Crippen molar-refractivity contribution in [2.75, 3.05) is 13.2 Å². The number of hydrogen-bond acceptors (Lipinski definition) is 5. The van der Waals surface area contributed by atoms with E-state index in [0.717, 1.165) is 44.5 Å². The van der Waals surface area contributed by atoms with Crippen LogP contribution in [0.1, 0.15) is 84.5 Å². The molecule has 0 aromatic carbocycles. The summed E-state index contributed by atoms with van der Waals surface area (Å²) in [5, 5.41) is 0. The molecule has 0 bridgehead atoms. The summed E-state index contributed by atoms with van der Waals surface area (Å²) in [6.45, 7) is 9.87. The zero-order valence-electron chi connectivity index (χ0n) is 16.9. The molecule has 154 valence electrons. The van der Waals surface area contributed by atoms with Crippen LogP contribution in [0.25, 0.3) is 0 Å². The summed E-state index contributed by atoms with van der Waals surface area (Å²) in [5.41, 5.74) is 5.93. The maximum Gasteiger partial charge on any atom is 0.472 e. The first-order valence-corrected chi connectivity index (χ1v) is 11.3. The summed E-state index contributed by atoms with van der Waals surface area (Å²) in [6, 6.07) is 0.0897. The van der Waals surface area contributed by atoms with Crippen molar-refractivity contribution in [3.63, 3.8) is 0 Å². The third kappa shape index (κ3) is 11.8. The summed E-state index contributed by atoms with van der Waals surface area (Å²) in [6.07, 6.45) is 10.6. The summed E-state index contributed by atoms with van der Waals surface area (Å²) in [4.78, 5) is 13.4. The van der Waals surface area contributed by atoms with Crippen molar-refractivity contribution in [1.82, 2.24) is 9.55 Å². The second-order valence-electron chi connectivity index (χ2n) is 6.19. The normalized spacial score (nSPS) is 12.5. The number of aromatic nitrogens is 2. The average Bonchev–Trinajstić information content (AvgIpc) is 3.08. The van der Waals surface area contributed by atoms with Crippen molar-refractivity contribution in [2.24, 2.45) is 5.73 Å². The largest absolute Gasteiger partial charge is 0.472 e. The maximum atomic E-state index is 11.1. The quantitative estimate of drug-likeness (QED) is 0.370. The highest BCUT2D eigenvalue weighted by Gasteiger charge is 2.19. The van der Waals surface area contributed by atoms with Crippen LogP contribution in [0.4, 0.5) is 0 Å². The van der Waals surface area contributed by atoms with E-state index in [1.165, 1.54) is 12.8 Å². The van der Waals surface area contributed by atoms with E-state index in [-0.39, 0.29) is 19.3 Å². The van der Waals surface area contributed by atoms with Crippen molar-refractivity contribution in [1.29, 1.82) is 0 Å². The highest BCUT2D eigenvalue weighted by Crippen LogP contribution is 2.43. The number of nitrogens with zero attached hydrogens (tertiary/aromatic N) is 2. The van der Waals surface area contributed by atoms with Crippen molar-refractivity contribution >= 4 is 7.82 Å². The van der Waals surface area contributed by atoms with Gasteiger partial charge in [0, 0.05) is 18.9 Å². The van der Waals surface area contributed by atoms with Crippen LogP contribution in [0.15, 0.2) is 12.4 Å². The van der Waals surface area contributed by atoms with Gasteiger partial charge in [0.2, 0.25) is 0 Å². The first kappa shape index (κ1) is 25.3. The monoisotopic (exact) mass is 391 g/mol. The van der Waals surface area contributed by atoms with Crippen LogP contribution < -0.4 is 5.73 Å². The first-order valence-electron chi connectivity index (χ1n) is 9.80. The number of nitrogens with two attached hydrogens (primary N) is 1. The zero-order valence-corrected chi connectivity index (χ0v) is 17.8. The van der Waals surface area contributed by atoms with Crippen molar-refractivity contribution in [3.8, 4) is 0 Å². The number of unbranched alkanes of at least 4 members (excludes halogenated alkanes) is 3. The van der Waals surface area contributed by atoms with E-state index < -0.39 is 7.82 Å². The summed E-state index contributed by atoms with van der Waals surface area (Å²) in [5.74, 6) is 1.02. The SMILES string of the molecule is CCCCOP(=O)(O)OCCCC.CCCCn1ccnc1C(N)CC. The van der Waals surface area contributed by atoms with Crippen LogP contribution in [0, 0.1) is 0 Å². The lowest BCUT2D eigenvalue weighted by molar-refractivity contribution is 0.146. The van der Waals surface area contributed by atoms with E-state index in [2.05, 4.69) is 23.4 Å². The van der Waals surface area contributed by atoms with E-state index >= 15 is 0 Å². The van der Waals surface area contributed by atoms with Gasteiger partial charge in [0.25, 0.3) is 0 Å². The van der Waals surface area contributed by atoms with Gasteiger partial charge < -0.3 is 15.2 Å². The van der Waals surface area contributed by atoms with Crippen LogP contribution in [-0.4, -0.2) is 27.7 Å². The van der Waals surface area contributed by atoms with E-state index in [1.54, 1.807) is 0 Å². The van der Waals surface area contributed by atoms with Gasteiger partial charge in [-0.05, 0) is 25.7 Å². The molecule has 0 radical (unpaired) electrons. The minimum atomic E-state index is -3.75. The Bertz CT molecular complexity index is 483. The number of imidazole rings is 1. The molecule has 8 heteroatoms. The van der Waals surface area contributed by atoms with Gasteiger partial charge in [-0.15, -0.1) is 0 Å². The van der Waals surface area contributed by atoms with Crippen LogP contribution in [-0.2, 0) is 20.2 Å². The van der Waals surface area contributed by atoms with Crippen molar-refractivity contribution < 1.29 is 18.5 Å². The molecular formula is C18H38N3O4P. The maximum absolute atomic E-state index is 11.1. The molecule has 1 atom stereocenters. The molecule has 1 aromatic heterocycles. The Hall–Kier alpha value is -0.720. The molecular weight excluding hydrogens is 353 g/mol. The molecule has 3 N–H and O–H groups in total. The zero-order chi connectivity index (χ0) is 19.8. The Morgan fingerprint density at radius 3 is 2.12 bits per heavy atom. The lowest BCUT2D eigenvalue weighted by atomic mass is 10.2. The topological polar surface area (TPSA) is 99.6 Å². The molecule has 0 amide bonds. The summed E-state index contributed by atoms with van der Waals surface area (Å²) < 4.78 is 22.6. The molecule has 0 fully saturated rings. The minimum absolute atomic E-state index is 0.0897. The summed E-state index contributed by atoms with van der Waals surface area (Å²) >= 11 is 0. The molecule has 0 aliphatic carbocycles. The summed E-state index contributed by atoms with van der Waals surface area (Å²) in [7, 11) is -3.75. The second-order valence-corrected chi connectivity index (χ2v) is 7.64. The van der Waals surface area contributed by atoms with Gasteiger partial charge in [0.15, 0.2) is 0 Å². The van der Waals surface area contributed by atoms with Gasteiger partial charge in [0.05, 0.1) is 19.3 Å². The minimum Gasteiger partial charge on any atom is -0.334 e. The third-order valence-electron chi connectivity index (χ3n) is 3.78.